The molecule has 0 saturated carbocycles. The molecule has 0 radical (unpaired) electrons. The summed E-state index contributed by atoms with van der Waals surface area (Å²) in [5, 5.41) is 1.25. The van der Waals surface area contributed by atoms with Gasteiger partial charge in [0.15, 0.2) is 0 Å². The fraction of sp³-hybridized carbons (Fsp3) is 0.333. The summed E-state index contributed by atoms with van der Waals surface area (Å²) >= 11 is 7.75. The summed E-state index contributed by atoms with van der Waals surface area (Å²) in [5.41, 5.74) is 17.2. The first kappa shape index (κ1) is 20.9. The Labute approximate surface area is 201 Å². The van der Waals surface area contributed by atoms with Gasteiger partial charge < -0.3 is 16.4 Å². The number of aliphatic imine (C=N–C) groups is 1. The van der Waals surface area contributed by atoms with Crippen LogP contribution in [0, 0.1) is 5.41 Å². The van der Waals surface area contributed by atoms with Gasteiger partial charge in [-0.15, -0.1) is 0 Å². The second-order valence-corrected chi connectivity index (χ2v) is 10.4. The normalized spacial score (nSPS) is 20.6. The van der Waals surface area contributed by atoms with Gasteiger partial charge >= 0.3 is 0 Å². The summed E-state index contributed by atoms with van der Waals surface area (Å²) in [6, 6.07) is 10.6. The van der Waals surface area contributed by atoms with E-state index in [1.54, 1.807) is 6.20 Å². The molecule has 1 unspecified atom stereocenters. The molecule has 0 amide bonds. The predicted octanol–water partition coefficient (Wildman–Crippen LogP) is 4.00. The van der Waals surface area contributed by atoms with Crippen molar-refractivity contribution in [2.45, 2.75) is 36.7 Å². The van der Waals surface area contributed by atoms with Crippen LogP contribution in [-0.4, -0.2) is 33.1 Å². The van der Waals surface area contributed by atoms with E-state index in [1.165, 1.54) is 22.9 Å². The Balaban J connectivity index is 1.16. The third kappa shape index (κ3) is 3.48. The molecule has 1 aliphatic carbocycles. The van der Waals surface area contributed by atoms with Gasteiger partial charge in [0.25, 0.3) is 0 Å². The molecule has 3 aromatic rings. The van der Waals surface area contributed by atoms with E-state index in [4.69, 9.17) is 33.0 Å². The first-order valence-electron chi connectivity index (χ1n) is 11.1. The zero-order valence-corrected chi connectivity index (χ0v) is 19.6. The van der Waals surface area contributed by atoms with Gasteiger partial charge in [0.1, 0.15) is 22.4 Å². The standard InChI is InChI=1S/C24H24ClN7S/c25-19-17(5-8-28-22(19)27)33-23-20-16(12-30-23)31-18(13-29-20)32-9-6-24(7-10-32)11-14-3-1-2-4-15(14)21(24)26/h1-5,8,13,21H,6-7,9-12,26H2,(H2,27,28). The van der Waals surface area contributed by atoms with E-state index < -0.39 is 0 Å². The molecule has 1 atom stereocenters. The number of pyridine rings is 1. The molecule has 168 valence electrons. The van der Waals surface area contributed by atoms with Crippen LogP contribution in [0.4, 0.5) is 11.6 Å². The molecular weight excluding hydrogens is 454 g/mol. The van der Waals surface area contributed by atoms with Crippen LogP contribution < -0.4 is 16.4 Å². The summed E-state index contributed by atoms with van der Waals surface area (Å²) in [6.07, 6.45) is 6.70. The maximum Gasteiger partial charge on any atom is 0.147 e. The second kappa shape index (κ2) is 7.97. The number of benzene rings is 1. The Morgan fingerprint density at radius 3 is 2.76 bits per heavy atom. The van der Waals surface area contributed by atoms with E-state index >= 15 is 0 Å². The number of rotatable bonds is 2. The molecule has 1 saturated heterocycles. The Morgan fingerprint density at radius 1 is 1.12 bits per heavy atom. The number of fused-ring (bicyclic) bond motifs is 2. The SMILES string of the molecule is Nc1nccc(SC2=NCc3nc(N4CCC5(CC4)Cc4ccccc4C5N)cnc32)c1Cl. The molecular formula is C24H24ClN7S. The van der Waals surface area contributed by atoms with Crippen LogP contribution in [0.15, 0.2) is 52.6 Å². The average molecular weight is 478 g/mol. The highest BCUT2D eigenvalue weighted by Gasteiger charge is 2.46. The summed E-state index contributed by atoms with van der Waals surface area (Å²) < 4.78 is 0. The van der Waals surface area contributed by atoms with Gasteiger partial charge in [0.05, 0.1) is 23.5 Å². The minimum atomic E-state index is 0.115. The van der Waals surface area contributed by atoms with Crippen molar-refractivity contribution in [1.82, 2.24) is 15.0 Å². The largest absolute Gasteiger partial charge is 0.382 e. The van der Waals surface area contributed by atoms with E-state index in [9.17, 15) is 0 Å². The van der Waals surface area contributed by atoms with Crippen LogP contribution in [0.5, 0.6) is 0 Å². The first-order valence-corrected chi connectivity index (χ1v) is 12.3. The molecule has 33 heavy (non-hydrogen) atoms. The van der Waals surface area contributed by atoms with E-state index in [0.717, 1.165) is 59.5 Å². The molecule has 3 aliphatic rings. The molecule has 1 fully saturated rings. The lowest BCUT2D eigenvalue weighted by atomic mass is 9.73. The second-order valence-electron chi connectivity index (χ2n) is 8.96. The lowest BCUT2D eigenvalue weighted by Gasteiger charge is -2.42. The van der Waals surface area contributed by atoms with Crippen molar-refractivity contribution in [3.8, 4) is 0 Å². The van der Waals surface area contributed by atoms with Gasteiger partial charge in [-0.1, -0.05) is 47.6 Å². The van der Waals surface area contributed by atoms with E-state index in [2.05, 4.69) is 39.1 Å². The lowest BCUT2D eigenvalue weighted by molar-refractivity contribution is 0.187. The lowest BCUT2D eigenvalue weighted by Crippen LogP contribution is -2.44. The Morgan fingerprint density at radius 2 is 1.94 bits per heavy atom. The third-order valence-electron chi connectivity index (χ3n) is 7.17. The number of nitrogen functional groups attached to an aromatic ring is 1. The molecule has 9 heteroatoms. The van der Waals surface area contributed by atoms with E-state index in [0.29, 0.717) is 17.4 Å². The summed E-state index contributed by atoms with van der Waals surface area (Å²) in [4.78, 5) is 21.5. The molecule has 1 spiro atoms. The maximum absolute atomic E-state index is 6.73. The Hall–Kier alpha value is -2.68. The van der Waals surface area contributed by atoms with Gasteiger partial charge in [-0.2, -0.15) is 0 Å². The highest BCUT2D eigenvalue weighted by molar-refractivity contribution is 8.14. The minimum absolute atomic E-state index is 0.115. The third-order valence-corrected chi connectivity index (χ3v) is 8.76. The topological polar surface area (TPSA) is 106 Å². The first-order chi connectivity index (χ1) is 16.0. The monoisotopic (exact) mass is 477 g/mol. The smallest absolute Gasteiger partial charge is 0.147 e. The van der Waals surface area contributed by atoms with Crippen molar-refractivity contribution in [2.24, 2.45) is 16.1 Å². The van der Waals surface area contributed by atoms with Gasteiger partial charge in [0, 0.05) is 30.2 Å². The predicted molar refractivity (Wildman–Crippen MR) is 133 cm³/mol. The van der Waals surface area contributed by atoms with Crippen molar-refractivity contribution >= 4 is 40.0 Å². The fourth-order valence-electron chi connectivity index (χ4n) is 5.27. The number of hydrogen-bond acceptors (Lipinski definition) is 8. The number of hydrogen-bond donors (Lipinski definition) is 2. The van der Waals surface area contributed by atoms with Crippen molar-refractivity contribution < 1.29 is 0 Å². The molecule has 4 heterocycles. The van der Waals surface area contributed by atoms with E-state index in [1.807, 2.05) is 12.3 Å². The van der Waals surface area contributed by atoms with Crippen LogP contribution in [0.3, 0.4) is 0 Å². The Kier molecular flexibility index (Phi) is 5.05. The number of nitrogens with two attached hydrogens (primary N) is 2. The van der Waals surface area contributed by atoms with Crippen LogP contribution in [0.1, 0.15) is 41.4 Å². The zero-order chi connectivity index (χ0) is 22.6. The van der Waals surface area contributed by atoms with Crippen LogP contribution in [0.25, 0.3) is 0 Å². The molecule has 4 N–H and O–H groups in total. The summed E-state index contributed by atoms with van der Waals surface area (Å²) in [6.45, 7) is 2.39. The highest BCUT2D eigenvalue weighted by atomic mass is 35.5. The zero-order valence-electron chi connectivity index (χ0n) is 18.0. The summed E-state index contributed by atoms with van der Waals surface area (Å²) in [5.74, 6) is 1.23. The average Bonchev–Trinajstić information content (AvgIpc) is 3.36. The van der Waals surface area contributed by atoms with Crippen LogP contribution in [0.2, 0.25) is 5.02 Å². The fourth-order valence-corrected chi connectivity index (χ4v) is 6.43. The van der Waals surface area contributed by atoms with Crippen molar-refractivity contribution in [3.63, 3.8) is 0 Å². The highest BCUT2D eigenvalue weighted by Crippen LogP contribution is 2.51. The van der Waals surface area contributed by atoms with Gasteiger partial charge in [-0.25, -0.2) is 15.0 Å². The van der Waals surface area contributed by atoms with Gasteiger partial charge in [-0.05, 0) is 41.9 Å². The van der Waals surface area contributed by atoms with E-state index in [-0.39, 0.29) is 11.5 Å². The molecule has 0 bridgehead atoms. The van der Waals surface area contributed by atoms with Gasteiger partial charge in [-0.3, -0.25) is 4.99 Å². The van der Waals surface area contributed by atoms with Crippen molar-refractivity contribution in [3.05, 3.63) is 70.3 Å². The number of halogens is 1. The quantitative estimate of drug-likeness (QED) is 0.574. The van der Waals surface area contributed by atoms with Crippen LogP contribution in [-0.2, 0) is 13.0 Å². The van der Waals surface area contributed by atoms with Crippen LogP contribution >= 0.6 is 23.4 Å². The molecule has 2 aromatic heterocycles. The molecule has 6 rings (SSSR count). The minimum Gasteiger partial charge on any atom is -0.382 e. The maximum atomic E-state index is 6.73. The van der Waals surface area contributed by atoms with Crippen molar-refractivity contribution in [2.75, 3.05) is 23.7 Å². The number of anilines is 2. The number of aromatic nitrogens is 3. The van der Waals surface area contributed by atoms with Crippen molar-refractivity contribution in [1.29, 1.82) is 0 Å². The number of piperidine rings is 1. The number of thioether (sulfide) groups is 1. The van der Waals surface area contributed by atoms with Gasteiger partial charge in [0.2, 0.25) is 0 Å². The molecule has 1 aromatic carbocycles. The molecule has 7 nitrogen and oxygen atoms in total. The Bertz CT molecular complexity index is 1270. The molecule has 2 aliphatic heterocycles. The summed E-state index contributed by atoms with van der Waals surface area (Å²) in [7, 11) is 0. The number of nitrogens with zero attached hydrogens (tertiary/aromatic N) is 5.